The van der Waals surface area contributed by atoms with Gasteiger partial charge in [-0.15, -0.1) is 0 Å². The lowest BCUT2D eigenvalue weighted by molar-refractivity contribution is -0.160. The number of methoxy groups -OCH3 is 1. The molecule has 0 aliphatic carbocycles. The molecule has 4 heterocycles. The number of esters is 1. The second-order valence-electron chi connectivity index (χ2n) is 18.8. The highest BCUT2D eigenvalue weighted by Crippen LogP contribution is 2.42. The SMILES string of the molecule is CCC(C)N1CCN(c2cc(=O)c3nc4c(oc3c2)c2c(=O)c3c(O)c(C)c5c(c34)=C(O)[C@@](C)(O/C=C\[C@H](OC)[C@H](C)[C@@H](OC(C)=O)[C@@H](C)[C@H](O)[C@H](C)[C@@H](O)[C@@H](C)/C=C\C=C(\C)C(=O)N2)O5)CC1. The molecule has 1 unspecified atom stereocenters. The van der Waals surface area contributed by atoms with Gasteiger partial charge in [0.05, 0.1) is 35.2 Å². The van der Waals surface area contributed by atoms with E-state index in [1.807, 2.05) is 0 Å². The largest absolute Gasteiger partial charge is 0.507 e. The summed E-state index contributed by atoms with van der Waals surface area (Å²) in [7, 11) is 1.45. The van der Waals surface area contributed by atoms with E-state index in [1.165, 1.54) is 59.3 Å². The third-order valence-corrected chi connectivity index (χ3v) is 14.3. The van der Waals surface area contributed by atoms with Crippen molar-refractivity contribution < 1.29 is 53.4 Å². The van der Waals surface area contributed by atoms with Crippen molar-refractivity contribution >= 4 is 62.0 Å². The number of hydrogen-bond donors (Lipinski definition) is 5. The minimum atomic E-state index is -1.98. The average Bonchev–Trinajstić information content (AvgIpc) is 3.58. The molecule has 1 fully saturated rings. The Morgan fingerprint density at radius 3 is 2.31 bits per heavy atom. The Bertz CT molecular complexity index is 2900. The first-order valence-corrected chi connectivity index (χ1v) is 23.3. The molecule has 3 aromatic carbocycles. The van der Waals surface area contributed by atoms with E-state index in [1.54, 1.807) is 45.9 Å². The summed E-state index contributed by atoms with van der Waals surface area (Å²) >= 11 is 0. The number of nitrogens with one attached hydrogen (secondary N) is 1. The topological polar surface area (TPSA) is 231 Å². The molecular weight excluding hydrogens is 877 g/mol. The maximum absolute atomic E-state index is 14.9. The Morgan fingerprint density at radius 2 is 1.66 bits per heavy atom. The molecule has 366 valence electrons. The molecule has 0 saturated carbocycles. The van der Waals surface area contributed by atoms with Gasteiger partial charge in [-0.05, 0) is 33.3 Å². The molecule has 5 N–H and O–H groups in total. The van der Waals surface area contributed by atoms with Gasteiger partial charge < -0.3 is 54.0 Å². The summed E-state index contributed by atoms with van der Waals surface area (Å²) in [5, 5.41) is 49.3. The fourth-order valence-corrected chi connectivity index (χ4v) is 9.74. The van der Waals surface area contributed by atoms with Crippen molar-refractivity contribution in [3.63, 3.8) is 0 Å². The standard InChI is InChI=1S/C51H64N4O13/c1-12-26(4)54-17-19-55(20-18-54)32-22-33(57)39-35(23-32)67-48-40(52-39)36-37-44(60)30(8)47-38(36)49(62)51(10,68-47)65-21-16-34(64-11)27(5)46(66-31(9)56)29(7)43(59)28(6)42(58)24(2)14-13-15-25(3)50(63)53-41(48)45(37)61/h13-16,21-24,26-29,34,42-43,46,58-60,62H,12,17-20H2,1-11H3,(H,53,63)/b14-13-,21-16-,25-15-/t24-,26?,27-,28+,29-,34-,42-,43+,46+,51-/m0/s1. The number of piperazine rings is 1. The van der Waals surface area contributed by atoms with E-state index in [0.717, 1.165) is 19.5 Å². The minimum absolute atomic E-state index is 0.0388. The molecule has 1 saturated heterocycles. The molecule has 17 heteroatoms. The molecule has 1 amide bonds. The number of anilines is 2. The normalized spacial score (nSPS) is 29.9. The van der Waals surface area contributed by atoms with Crippen LogP contribution >= 0.6 is 0 Å². The number of aromatic nitrogens is 1. The lowest BCUT2D eigenvalue weighted by Crippen LogP contribution is -2.49. The predicted molar refractivity (Wildman–Crippen MR) is 259 cm³/mol. The van der Waals surface area contributed by atoms with Crippen molar-refractivity contribution in [2.24, 2.45) is 23.7 Å². The molecule has 17 nitrogen and oxygen atoms in total. The van der Waals surface area contributed by atoms with Crippen LogP contribution in [-0.4, -0.2) is 112 Å². The highest BCUT2D eigenvalue weighted by molar-refractivity contribution is 6.16. The van der Waals surface area contributed by atoms with Crippen LogP contribution in [0.1, 0.15) is 74.3 Å². The highest BCUT2D eigenvalue weighted by atomic mass is 16.7. The molecule has 3 aliphatic rings. The van der Waals surface area contributed by atoms with Crippen LogP contribution in [0.5, 0.6) is 11.5 Å². The van der Waals surface area contributed by atoms with Gasteiger partial charge in [-0.1, -0.05) is 52.8 Å². The van der Waals surface area contributed by atoms with E-state index >= 15 is 0 Å². The van der Waals surface area contributed by atoms with Gasteiger partial charge in [-0.3, -0.25) is 24.1 Å². The minimum Gasteiger partial charge on any atom is -0.507 e. The first-order chi connectivity index (χ1) is 32.1. The quantitative estimate of drug-likeness (QED) is 0.0948. The number of rotatable bonds is 5. The van der Waals surface area contributed by atoms with E-state index in [-0.39, 0.29) is 60.8 Å². The van der Waals surface area contributed by atoms with E-state index in [4.69, 9.17) is 28.3 Å². The number of aliphatic hydroxyl groups excluding tert-OH is 3. The van der Waals surface area contributed by atoms with Crippen LogP contribution in [0.3, 0.4) is 0 Å². The number of fused-ring (bicyclic) bond motifs is 5. The molecule has 0 spiro atoms. The third kappa shape index (κ3) is 9.04. The van der Waals surface area contributed by atoms with E-state index in [2.05, 4.69) is 29.0 Å². The maximum atomic E-state index is 14.9. The Hall–Kier alpha value is -6.01. The number of nitrogens with zero attached hydrogens (tertiary/aromatic N) is 3. The van der Waals surface area contributed by atoms with Gasteiger partial charge in [0.1, 0.15) is 28.8 Å². The zero-order valence-corrected chi connectivity index (χ0v) is 40.6. The number of benzene rings is 3. The molecule has 1 aromatic heterocycles. The number of carbonyl (C=O) groups is 2. The molecule has 3 aliphatic heterocycles. The average molecular weight is 941 g/mol. The van der Waals surface area contributed by atoms with Gasteiger partial charge >= 0.3 is 11.8 Å². The van der Waals surface area contributed by atoms with Crippen molar-refractivity contribution in [2.75, 3.05) is 43.5 Å². The number of phenols is 1. The van der Waals surface area contributed by atoms with Crippen LogP contribution in [0.15, 0.2) is 62.3 Å². The zero-order chi connectivity index (χ0) is 49.7. The first-order valence-electron chi connectivity index (χ1n) is 23.3. The predicted octanol–water partition coefficient (Wildman–Crippen LogP) is 5.48. The van der Waals surface area contributed by atoms with Crippen LogP contribution in [0.4, 0.5) is 11.4 Å². The number of aromatic hydroxyl groups is 1. The summed E-state index contributed by atoms with van der Waals surface area (Å²) in [4.78, 5) is 64.7. The van der Waals surface area contributed by atoms with Crippen LogP contribution in [0.2, 0.25) is 0 Å². The Balaban J connectivity index is 1.46. The molecule has 0 radical (unpaired) electrons. The molecule has 7 rings (SSSR count). The number of ether oxygens (including phenoxy) is 4. The third-order valence-electron chi connectivity index (χ3n) is 14.3. The summed E-state index contributed by atoms with van der Waals surface area (Å²) in [6.07, 6.45) is 4.58. The van der Waals surface area contributed by atoms with Crippen molar-refractivity contribution in [1.29, 1.82) is 0 Å². The van der Waals surface area contributed by atoms with Gasteiger partial charge in [0.2, 0.25) is 10.9 Å². The van der Waals surface area contributed by atoms with Crippen molar-refractivity contribution in [2.45, 2.75) is 112 Å². The number of allylic oxidation sites excluding steroid dienone is 2. The van der Waals surface area contributed by atoms with Crippen molar-refractivity contribution in [1.82, 2.24) is 9.88 Å². The van der Waals surface area contributed by atoms with Gasteiger partial charge in [-0.2, -0.15) is 0 Å². The first kappa shape index (κ1) is 49.9. The van der Waals surface area contributed by atoms with Crippen LogP contribution < -0.4 is 31.0 Å². The molecule has 68 heavy (non-hydrogen) atoms. The zero-order valence-electron chi connectivity index (χ0n) is 40.6. The van der Waals surface area contributed by atoms with Crippen molar-refractivity contribution in [3.8, 4) is 11.5 Å². The fourth-order valence-electron chi connectivity index (χ4n) is 9.74. The molecule has 4 aromatic rings. The maximum Gasteiger partial charge on any atom is 0.307 e. The smallest absolute Gasteiger partial charge is 0.307 e. The number of amides is 1. The lowest BCUT2D eigenvalue weighted by Gasteiger charge is -2.38. The summed E-state index contributed by atoms with van der Waals surface area (Å²) in [5.74, 6) is -6.93. The fraction of sp³-hybridized carbons (Fsp3) is 0.510. The Kier molecular flexibility index (Phi) is 14.3. The van der Waals surface area contributed by atoms with E-state index in [0.29, 0.717) is 24.8 Å². The summed E-state index contributed by atoms with van der Waals surface area (Å²) in [6.45, 7) is 19.8. The van der Waals surface area contributed by atoms with E-state index < -0.39 is 88.1 Å². The second-order valence-corrected chi connectivity index (χ2v) is 18.8. The number of aliphatic hydroxyl groups is 3. The van der Waals surface area contributed by atoms with Gasteiger partial charge in [0.25, 0.3) is 5.91 Å². The van der Waals surface area contributed by atoms with Gasteiger partial charge in [0, 0.05) is 111 Å². The summed E-state index contributed by atoms with van der Waals surface area (Å²) in [5.41, 5.74) is -1.35. The lowest BCUT2D eigenvalue weighted by atomic mass is 9.78. The molecule has 10 atom stereocenters. The highest BCUT2D eigenvalue weighted by Gasteiger charge is 2.44. The van der Waals surface area contributed by atoms with E-state index in [9.17, 15) is 39.6 Å². The summed E-state index contributed by atoms with van der Waals surface area (Å²) in [6, 6.07) is 3.57. The van der Waals surface area contributed by atoms with Crippen LogP contribution in [0, 0.1) is 30.6 Å². The number of hydrogen-bond acceptors (Lipinski definition) is 16. The number of phenolic OH excluding ortho intramolecular Hbond substituents is 1. The van der Waals surface area contributed by atoms with Crippen molar-refractivity contribution in [3.05, 3.63) is 79.5 Å². The van der Waals surface area contributed by atoms with Crippen LogP contribution in [-0.2, 0) is 23.8 Å². The molecule has 5 bridgehead atoms. The second kappa shape index (κ2) is 19.5. The Morgan fingerprint density at radius 1 is 0.971 bits per heavy atom. The monoisotopic (exact) mass is 940 g/mol. The Labute approximate surface area is 394 Å². The van der Waals surface area contributed by atoms with Crippen LogP contribution in [0.25, 0.3) is 38.7 Å². The van der Waals surface area contributed by atoms with Gasteiger partial charge in [0.15, 0.2) is 22.4 Å². The van der Waals surface area contributed by atoms with Gasteiger partial charge in [-0.25, -0.2) is 4.98 Å². The molecular formula is C51H64N4O13. The number of carbonyl (C=O) groups excluding carboxylic acids is 2. The summed E-state index contributed by atoms with van der Waals surface area (Å²) < 4.78 is 30.6.